The summed E-state index contributed by atoms with van der Waals surface area (Å²) in [5.74, 6) is 0. The maximum Gasteiger partial charge on any atom is 0.277 e. The fraction of sp³-hybridized carbons (Fsp3) is 0.333. The molecule has 15 heavy (non-hydrogen) atoms. The van der Waals surface area contributed by atoms with Gasteiger partial charge in [-0.05, 0) is 5.56 Å². The van der Waals surface area contributed by atoms with Crippen molar-refractivity contribution in [2.24, 2.45) is 5.73 Å². The molecule has 0 spiro atoms. The summed E-state index contributed by atoms with van der Waals surface area (Å²) in [5.41, 5.74) is 6.36. The van der Waals surface area contributed by atoms with Gasteiger partial charge in [0.25, 0.3) is 10.2 Å². The van der Waals surface area contributed by atoms with E-state index in [1.807, 2.05) is 30.3 Å². The summed E-state index contributed by atoms with van der Waals surface area (Å²) in [6.07, 6.45) is 0. The van der Waals surface area contributed by atoms with E-state index in [2.05, 4.69) is 9.44 Å². The Kier molecular flexibility index (Phi) is 4.22. The average Bonchev–Trinajstić information content (AvgIpc) is 2.27. The van der Waals surface area contributed by atoms with Crippen LogP contribution in [0.25, 0.3) is 0 Å². The van der Waals surface area contributed by atoms with Gasteiger partial charge in [-0.2, -0.15) is 13.1 Å². The van der Waals surface area contributed by atoms with E-state index in [1.165, 1.54) is 7.05 Å². The van der Waals surface area contributed by atoms with E-state index in [1.54, 1.807) is 0 Å². The minimum absolute atomic E-state index is 0.213. The summed E-state index contributed by atoms with van der Waals surface area (Å²) < 4.78 is 27.2. The molecule has 5 nitrogen and oxygen atoms in total. The van der Waals surface area contributed by atoms with Gasteiger partial charge in [0.1, 0.15) is 0 Å². The van der Waals surface area contributed by atoms with Crippen LogP contribution in [0.3, 0.4) is 0 Å². The fourth-order valence-electron chi connectivity index (χ4n) is 1.18. The molecule has 1 atom stereocenters. The minimum Gasteiger partial charge on any atom is -0.329 e. The first kappa shape index (κ1) is 12.1. The number of hydrogen-bond acceptors (Lipinski definition) is 3. The maximum atomic E-state index is 11.3. The van der Waals surface area contributed by atoms with Crippen molar-refractivity contribution in [2.75, 3.05) is 13.6 Å². The lowest BCUT2D eigenvalue weighted by atomic mass is 10.1. The van der Waals surface area contributed by atoms with Crippen molar-refractivity contribution in [2.45, 2.75) is 6.04 Å². The van der Waals surface area contributed by atoms with Crippen LogP contribution in [0.5, 0.6) is 0 Å². The minimum atomic E-state index is -3.46. The summed E-state index contributed by atoms with van der Waals surface area (Å²) in [5, 5.41) is 0. The van der Waals surface area contributed by atoms with E-state index in [4.69, 9.17) is 5.73 Å². The summed E-state index contributed by atoms with van der Waals surface area (Å²) in [6, 6.07) is 8.80. The van der Waals surface area contributed by atoms with Gasteiger partial charge in [-0.25, -0.2) is 4.72 Å². The summed E-state index contributed by atoms with van der Waals surface area (Å²) in [6.45, 7) is 0.213. The van der Waals surface area contributed by atoms with Crippen molar-refractivity contribution in [3.8, 4) is 0 Å². The third-order valence-electron chi connectivity index (χ3n) is 2.00. The third kappa shape index (κ3) is 3.60. The van der Waals surface area contributed by atoms with E-state index in [-0.39, 0.29) is 6.54 Å². The molecule has 6 heteroatoms. The molecule has 0 amide bonds. The predicted molar refractivity (Wildman–Crippen MR) is 59.4 cm³/mol. The van der Waals surface area contributed by atoms with Gasteiger partial charge in [0.05, 0.1) is 6.04 Å². The first-order chi connectivity index (χ1) is 7.09. The zero-order chi connectivity index (χ0) is 11.3. The highest BCUT2D eigenvalue weighted by Crippen LogP contribution is 2.11. The molecule has 84 valence electrons. The zero-order valence-corrected chi connectivity index (χ0v) is 9.29. The molecule has 0 saturated heterocycles. The summed E-state index contributed by atoms with van der Waals surface area (Å²) in [7, 11) is -2.11. The Hall–Kier alpha value is -0.950. The third-order valence-corrected chi connectivity index (χ3v) is 3.14. The van der Waals surface area contributed by atoms with Crippen LogP contribution >= 0.6 is 0 Å². The van der Waals surface area contributed by atoms with Gasteiger partial charge in [-0.1, -0.05) is 30.3 Å². The standard InChI is InChI=1S/C9H15N3O2S/c1-11-15(13,14)12-9(7-10)8-5-3-2-4-6-8/h2-6,9,11-12H,7,10H2,1H3. The molecular formula is C9H15N3O2S. The van der Waals surface area contributed by atoms with Crippen molar-refractivity contribution >= 4 is 10.2 Å². The topological polar surface area (TPSA) is 84.2 Å². The lowest BCUT2D eigenvalue weighted by Crippen LogP contribution is -2.39. The average molecular weight is 229 g/mol. The van der Waals surface area contributed by atoms with Crippen LogP contribution in [-0.4, -0.2) is 22.0 Å². The lowest BCUT2D eigenvalue weighted by Gasteiger charge is -2.16. The largest absolute Gasteiger partial charge is 0.329 e. The molecule has 0 saturated carbocycles. The SMILES string of the molecule is CNS(=O)(=O)NC(CN)c1ccccc1. The monoisotopic (exact) mass is 229 g/mol. The van der Waals surface area contributed by atoms with Crippen LogP contribution in [0.4, 0.5) is 0 Å². The molecule has 0 aromatic heterocycles. The van der Waals surface area contributed by atoms with Crippen LogP contribution in [0, 0.1) is 0 Å². The van der Waals surface area contributed by atoms with E-state index in [0.29, 0.717) is 0 Å². The second-order valence-electron chi connectivity index (χ2n) is 3.02. The van der Waals surface area contributed by atoms with Crippen molar-refractivity contribution in [1.82, 2.24) is 9.44 Å². The first-order valence-corrected chi connectivity index (χ1v) is 6.03. The van der Waals surface area contributed by atoms with Gasteiger partial charge in [-0.15, -0.1) is 0 Å². The summed E-state index contributed by atoms with van der Waals surface area (Å²) >= 11 is 0. The second kappa shape index (κ2) is 5.22. The van der Waals surface area contributed by atoms with Gasteiger partial charge >= 0.3 is 0 Å². The lowest BCUT2D eigenvalue weighted by molar-refractivity contribution is 0.550. The van der Waals surface area contributed by atoms with Crippen molar-refractivity contribution in [1.29, 1.82) is 0 Å². The summed E-state index contributed by atoms with van der Waals surface area (Å²) in [4.78, 5) is 0. The highest BCUT2D eigenvalue weighted by Gasteiger charge is 2.15. The van der Waals surface area contributed by atoms with Gasteiger partial charge in [0, 0.05) is 13.6 Å². The van der Waals surface area contributed by atoms with Crippen LogP contribution in [0.1, 0.15) is 11.6 Å². The molecule has 0 fully saturated rings. The number of hydrogen-bond donors (Lipinski definition) is 3. The van der Waals surface area contributed by atoms with Gasteiger partial charge in [-0.3, -0.25) is 0 Å². The number of nitrogens with one attached hydrogen (secondary N) is 2. The predicted octanol–water partition coefficient (Wildman–Crippen LogP) is -0.260. The Bertz CT molecular complexity index is 391. The zero-order valence-electron chi connectivity index (χ0n) is 8.47. The Morgan fingerprint density at radius 3 is 2.40 bits per heavy atom. The molecule has 1 rings (SSSR count). The molecule has 1 aromatic carbocycles. The van der Waals surface area contributed by atoms with Crippen molar-refractivity contribution in [3.05, 3.63) is 35.9 Å². The van der Waals surface area contributed by atoms with Crippen LogP contribution < -0.4 is 15.2 Å². The number of nitrogens with two attached hydrogens (primary N) is 1. The molecule has 0 heterocycles. The van der Waals surface area contributed by atoms with Crippen molar-refractivity contribution < 1.29 is 8.42 Å². The normalized spacial score (nSPS) is 13.7. The molecule has 4 N–H and O–H groups in total. The van der Waals surface area contributed by atoms with E-state index >= 15 is 0 Å². The highest BCUT2D eigenvalue weighted by molar-refractivity contribution is 7.87. The number of rotatable bonds is 5. The maximum absolute atomic E-state index is 11.3. The van der Waals surface area contributed by atoms with E-state index < -0.39 is 16.3 Å². The van der Waals surface area contributed by atoms with E-state index in [9.17, 15) is 8.42 Å². The molecule has 1 unspecified atom stereocenters. The fourth-order valence-corrected chi connectivity index (χ4v) is 1.91. The first-order valence-electron chi connectivity index (χ1n) is 4.55. The van der Waals surface area contributed by atoms with Gasteiger partial charge in [0.2, 0.25) is 0 Å². The Morgan fingerprint density at radius 2 is 1.93 bits per heavy atom. The van der Waals surface area contributed by atoms with Gasteiger partial charge in [0.15, 0.2) is 0 Å². The molecule has 1 aromatic rings. The van der Waals surface area contributed by atoms with Crippen LogP contribution in [-0.2, 0) is 10.2 Å². The van der Waals surface area contributed by atoms with Crippen molar-refractivity contribution in [3.63, 3.8) is 0 Å². The molecule has 0 radical (unpaired) electrons. The quantitative estimate of drug-likeness (QED) is 0.650. The molecule has 0 bridgehead atoms. The van der Waals surface area contributed by atoms with E-state index in [0.717, 1.165) is 5.56 Å². The smallest absolute Gasteiger partial charge is 0.277 e. The Balaban J connectivity index is 2.83. The molecule has 0 aliphatic heterocycles. The molecule has 0 aliphatic carbocycles. The van der Waals surface area contributed by atoms with Crippen LogP contribution in [0.2, 0.25) is 0 Å². The Labute approximate surface area is 89.9 Å². The van der Waals surface area contributed by atoms with Gasteiger partial charge < -0.3 is 5.73 Å². The Morgan fingerprint density at radius 1 is 1.33 bits per heavy atom. The number of benzene rings is 1. The molecular weight excluding hydrogens is 214 g/mol. The molecule has 0 aliphatic rings. The highest BCUT2D eigenvalue weighted by atomic mass is 32.2. The second-order valence-corrected chi connectivity index (χ2v) is 4.68. The van der Waals surface area contributed by atoms with Crippen LogP contribution in [0.15, 0.2) is 30.3 Å².